The number of aliphatic carboxylic acids is 1. The molecule has 0 aliphatic heterocycles. The molecule has 1 aliphatic carbocycles. The first-order valence-corrected chi connectivity index (χ1v) is 6.42. The number of urea groups is 1. The summed E-state index contributed by atoms with van der Waals surface area (Å²) in [6, 6.07) is -1.61. The van der Waals surface area contributed by atoms with Crippen molar-refractivity contribution in [1.29, 1.82) is 0 Å². The highest BCUT2D eigenvalue weighted by atomic mass is 16.4. The van der Waals surface area contributed by atoms with E-state index in [0.29, 0.717) is 0 Å². The molecule has 1 fully saturated rings. The van der Waals surface area contributed by atoms with Gasteiger partial charge in [-0.1, -0.05) is 12.8 Å². The maximum absolute atomic E-state index is 11.8. The van der Waals surface area contributed by atoms with Crippen LogP contribution in [0.2, 0.25) is 0 Å². The van der Waals surface area contributed by atoms with Crippen LogP contribution in [0.3, 0.4) is 0 Å². The monoisotopic (exact) mass is 271 g/mol. The molecule has 0 saturated heterocycles. The van der Waals surface area contributed by atoms with E-state index in [0.717, 1.165) is 25.7 Å². The van der Waals surface area contributed by atoms with Crippen molar-refractivity contribution in [3.05, 3.63) is 0 Å². The highest BCUT2D eigenvalue weighted by Gasteiger charge is 2.31. The zero-order valence-corrected chi connectivity index (χ0v) is 11.1. The predicted octanol–water partition coefficient (Wildman–Crippen LogP) is 0.337. The summed E-state index contributed by atoms with van der Waals surface area (Å²) in [6.45, 7) is 1.94. The van der Waals surface area contributed by atoms with E-state index in [1.807, 2.05) is 6.92 Å². The van der Waals surface area contributed by atoms with Crippen molar-refractivity contribution in [1.82, 2.24) is 10.6 Å². The summed E-state index contributed by atoms with van der Waals surface area (Å²) in [7, 11) is 0. The van der Waals surface area contributed by atoms with E-state index in [4.69, 9.17) is 10.8 Å². The van der Waals surface area contributed by atoms with E-state index in [1.54, 1.807) is 0 Å². The molecular weight excluding hydrogens is 250 g/mol. The SMILES string of the molecule is CC1(NC(=O)N[C@H](CCC(N)=O)C(=O)O)CCCC1. The number of carbonyl (C=O) groups excluding carboxylic acids is 2. The Balaban J connectivity index is 2.46. The van der Waals surface area contributed by atoms with E-state index < -0.39 is 23.9 Å². The number of amides is 3. The van der Waals surface area contributed by atoms with Crippen molar-refractivity contribution in [2.75, 3.05) is 0 Å². The van der Waals surface area contributed by atoms with Crippen LogP contribution in [0.4, 0.5) is 4.79 Å². The van der Waals surface area contributed by atoms with Gasteiger partial charge in [0.1, 0.15) is 6.04 Å². The van der Waals surface area contributed by atoms with Gasteiger partial charge in [-0.3, -0.25) is 4.79 Å². The summed E-state index contributed by atoms with van der Waals surface area (Å²) in [5.41, 5.74) is 4.70. The molecule has 0 aromatic rings. The molecule has 0 aromatic carbocycles. The van der Waals surface area contributed by atoms with Crippen LogP contribution in [-0.2, 0) is 9.59 Å². The fraction of sp³-hybridized carbons (Fsp3) is 0.750. The van der Waals surface area contributed by atoms with Crippen molar-refractivity contribution < 1.29 is 19.5 Å². The van der Waals surface area contributed by atoms with E-state index in [9.17, 15) is 14.4 Å². The van der Waals surface area contributed by atoms with Gasteiger partial charge >= 0.3 is 12.0 Å². The van der Waals surface area contributed by atoms with Crippen LogP contribution < -0.4 is 16.4 Å². The molecule has 19 heavy (non-hydrogen) atoms. The summed E-state index contributed by atoms with van der Waals surface area (Å²) >= 11 is 0. The van der Waals surface area contributed by atoms with E-state index in [1.165, 1.54) is 0 Å². The van der Waals surface area contributed by atoms with Crippen molar-refractivity contribution in [2.24, 2.45) is 5.73 Å². The van der Waals surface area contributed by atoms with E-state index in [-0.39, 0.29) is 18.4 Å². The third-order valence-electron chi connectivity index (χ3n) is 3.41. The second kappa shape index (κ2) is 6.40. The Hall–Kier alpha value is -1.79. The first kappa shape index (κ1) is 15.3. The number of hydrogen-bond acceptors (Lipinski definition) is 3. The van der Waals surface area contributed by atoms with Gasteiger partial charge in [-0.2, -0.15) is 0 Å². The van der Waals surface area contributed by atoms with Gasteiger partial charge in [-0.05, 0) is 26.2 Å². The molecular formula is C12H21N3O4. The van der Waals surface area contributed by atoms with E-state index in [2.05, 4.69) is 10.6 Å². The normalized spacial score (nSPS) is 18.6. The lowest BCUT2D eigenvalue weighted by atomic mass is 10.0. The van der Waals surface area contributed by atoms with Crippen LogP contribution in [0.5, 0.6) is 0 Å². The van der Waals surface area contributed by atoms with Gasteiger partial charge in [-0.15, -0.1) is 0 Å². The molecule has 0 bridgehead atoms. The molecule has 1 atom stereocenters. The number of rotatable bonds is 6. The van der Waals surface area contributed by atoms with Gasteiger partial charge in [-0.25, -0.2) is 9.59 Å². The summed E-state index contributed by atoms with van der Waals surface area (Å²) in [5.74, 6) is -1.76. The molecule has 0 spiro atoms. The van der Waals surface area contributed by atoms with Crippen molar-refractivity contribution in [2.45, 2.75) is 57.0 Å². The number of hydrogen-bond donors (Lipinski definition) is 4. The van der Waals surface area contributed by atoms with Crippen molar-refractivity contribution in [3.8, 4) is 0 Å². The molecule has 1 saturated carbocycles. The Kier molecular flexibility index (Phi) is 5.14. The van der Waals surface area contributed by atoms with Gasteiger partial charge in [0.05, 0.1) is 0 Å². The zero-order valence-electron chi connectivity index (χ0n) is 11.1. The minimum atomic E-state index is -1.17. The van der Waals surface area contributed by atoms with Crippen LogP contribution >= 0.6 is 0 Å². The smallest absolute Gasteiger partial charge is 0.326 e. The molecule has 3 amide bonds. The Morgan fingerprint density at radius 2 is 1.89 bits per heavy atom. The van der Waals surface area contributed by atoms with Gasteiger partial charge in [0, 0.05) is 12.0 Å². The summed E-state index contributed by atoms with van der Waals surface area (Å²) in [5, 5.41) is 14.1. The highest BCUT2D eigenvalue weighted by Crippen LogP contribution is 2.28. The first-order chi connectivity index (χ1) is 8.82. The summed E-state index contributed by atoms with van der Waals surface area (Å²) in [4.78, 5) is 33.4. The quantitative estimate of drug-likeness (QED) is 0.556. The molecule has 1 aliphatic rings. The maximum atomic E-state index is 11.8. The van der Waals surface area contributed by atoms with Crippen molar-refractivity contribution in [3.63, 3.8) is 0 Å². The molecule has 7 heteroatoms. The van der Waals surface area contributed by atoms with Crippen LogP contribution in [-0.4, -0.2) is 34.6 Å². The number of carboxylic acid groups (broad SMARTS) is 1. The topological polar surface area (TPSA) is 122 Å². The lowest BCUT2D eigenvalue weighted by Crippen LogP contribution is -2.53. The average Bonchev–Trinajstić information content (AvgIpc) is 2.70. The molecule has 5 N–H and O–H groups in total. The molecule has 0 unspecified atom stereocenters. The number of nitrogens with two attached hydrogens (primary N) is 1. The second-order valence-corrected chi connectivity index (χ2v) is 5.26. The number of carboxylic acids is 1. The maximum Gasteiger partial charge on any atom is 0.326 e. The third-order valence-corrected chi connectivity index (χ3v) is 3.41. The van der Waals surface area contributed by atoms with E-state index >= 15 is 0 Å². The fourth-order valence-electron chi connectivity index (χ4n) is 2.29. The molecule has 0 radical (unpaired) electrons. The average molecular weight is 271 g/mol. The standard InChI is InChI=1S/C12H21N3O4/c1-12(6-2-3-7-12)15-11(19)14-8(10(17)18)4-5-9(13)16/h8H,2-7H2,1H3,(H2,13,16)(H,17,18)(H2,14,15,19)/t8-/m1/s1. The molecule has 0 aromatic heterocycles. The first-order valence-electron chi connectivity index (χ1n) is 6.42. The third kappa shape index (κ3) is 5.15. The summed E-state index contributed by atoms with van der Waals surface area (Å²) in [6.07, 6.45) is 3.81. The van der Waals surface area contributed by atoms with Gasteiger partial charge in [0.25, 0.3) is 0 Å². The Morgan fingerprint density at radius 3 is 2.37 bits per heavy atom. The lowest BCUT2D eigenvalue weighted by molar-refractivity contribution is -0.139. The second-order valence-electron chi connectivity index (χ2n) is 5.26. The van der Waals surface area contributed by atoms with Gasteiger partial charge < -0.3 is 21.5 Å². The van der Waals surface area contributed by atoms with Crippen LogP contribution in [0.15, 0.2) is 0 Å². The highest BCUT2D eigenvalue weighted by molar-refractivity contribution is 5.83. The Morgan fingerprint density at radius 1 is 1.32 bits per heavy atom. The Bertz CT molecular complexity index is 364. The zero-order chi connectivity index (χ0) is 14.5. The number of nitrogens with one attached hydrogen (secondary N) is 2. The lowest BCUT2D eigenvalue weighted by Gasteiger charge is -2.26. The number of primary amides is 1. The molecule has 0 heterocycles. The van der Waals surface area contributed by atoms with Crippen LogP contribution in [0.1, 0.15) is 45.4 Å². The number of carbonyl (C=O) groups is 3. The minimum absolute atomic E-state index is 0.00516. The summed E-state index contributed by atoms with van der Waals surface area (Å²) < 4.78 is 0. The fourth-order valence-corrected chi connectivity index (χ4v) is 2.29. The molecule has 7 nitrogen and oxygen atoms in total. The Labute approximate surface area is 111 Å². The molecule has 1 rings (SSSR count). The van der Waals surface area contributed by atoms with Crippen molar-refractivity contribution >= 4 is 17.9 Å². The van der Waals surface area contributed by atoms with Crippen LogP contribution in [0, 0.1) is 0 Å². The largest absolute Gasteiger partial charge is 0.480 e. The van der Waals surface area contributed by atoms with Gasteiger partial charge in [0.15, 0.2) is 0 Å². The van der Waals surface area contributed by atoms with Gasteiger partial charge in [0.2, 0.25) is 5.91 Å². The van der Waals surface area contributed by atoms with Crippen LogP contribution in [0.25, 0.3) is 0 Å². The predicted molar refractivity (Wildman–Crippen MR) is 68.4 cm³/mol. The minimum Gasteiger partial charge on any atom is -0.480 e. The molecule has 108 valence electrons.